The van der Waals surface area contributed by atoms with Gasteiger partial charge in [-0.15, -0.1) is 0 Å². The lowest BCUT2D eigenvalue weighted by atomic mass is 10.2. The molecule has 0 spiro atoms. The summed E-state index contributed by atoms with van der Waals surface area (Å²) in [5.74, 6) is 0. The van der Waals surface area contributed by atoms with Gasteiger partial charge in [0.2, 0.25) is 0 Å². The Balaban J connectivity index is 2.72. The van der Waals surface area contributed by atoms with Gasteiger partial charge in [-0.2, -0.15) is 5.10 Å². The molecule has 7 heteroatoms. The van der Waals surface area contributed by atoms with Crippen molar-refractivity contribution >= 4 is 25.8 Å². The molecule has 0 saturated carbocycles. The highest BCUT2D eigenvalue weighted by atomic mass is 79.9. The topological polar surface area (TPSA) is 64.0 Å². The van der Waals surface area contributed by atoms with Crippen LogP contribution < -0.4 is 5.32 Å². The van der Waals surface area contributed by atoms with E-state index in [-0.39, 0.29) is 0 Å². The van der Waals surface area contributed by atoms with Crippen LogP contribution in [0, 0.1) is 0 Å². The van der Waals surface area contributed by atoms with Crippen LogP contribution >= 0.6 is 15.9 Å². The van der Waals surface area contributed by atoms with Crippen LogP contribution in [0.4, 0.5) is 0 Å². The Morgan fingerprint density at radius 3 is 2.42 bits per heavy atom. The smallest absolute Gasteiger partial charge is 0.153 e. The molecule has 0 radical (unpaired) electrons. The van der Waals surface area contributed by atoms with Crippen LogP contribution in [0.15, 0.2) is 4.47 Å². The minimum atomic E-state index is -3.07. The van der Waals surface area contributed by atoms with Gasteiger partial charge < -0.3 is 5.32 Å². The lowest BCUT2D eigenvalue weighted by molar-refractivity contribution is 0.514. The van der Waals surface area contributed by atoms with E-state index in [0.29, 0.717) is 13.1 Å². The summed E-state index contributed by atoms with van der Waals surface area (Å²) in [6.45, 7) is 6.50. The third kappa shape index (κ3) is 3.79. The Morgan fingerprint density at radius 1 is 1.42 bits per heavy atom. The summed E-state index contributed by atoms with van der Waals surface area (Å²) in [6, 6.07) is 0. The number of rotatable bonds is 6. The van der Waals surface area contributed by atoms with Gasteiger partial charge in [0, 0.05) is 26.4 Å². The minimum Gasteiger partial charge on any atom is -0.310 e. The van der Waals surface area contributed by atoms with Gasteiger partial charge in [0.1, 0.15) is 0 Å². The van der Waals surface area contributed by atoms with Gasteiger partial charge in [-0.1, -0.05) is 6.92 Å². The predicted octanol–water partition coefficient (Wildman–Crippen LogP) is 1.66. The maximum absolute atomic E-state index is 11.6. The summed E-state index contributed by atoms with van der Waals surface area (Å²) in [5, 5.41) is 7.60. The third-order valence-electron chi connectivity index (χ3n) is 3.35. The fourth-order valence-corrected chi connectivity index (χ4v) is 2.75. The molecule has 5 nitrogen and oxygen atoms in total. The Labute approximate surface area is 123 Å². The molecule has 1 aromatic heterocycles. The second kappa shape index (κ2) is 5.93. The van der Waals surface area contributed by atoms with Crippen molar-refractivity contribution in [2.45, 2.75) is 38.5 Å². The summed E-state index contributed by atoms with van der Waals surface area (Å²) < 4.78 is 25.3. The first-order valence-electron chi connectivity index (χ1n) is 6.20. The van der Waals surface area contributed by atoms with Crippen molar-refractivity contribution in [3.8, 4) is 0 Å². The molecule has 0 aliphatic carbocycles. The molecular formula is C12H22BrN3O2S. The predicted molar refractivity (Wildman–Crippen MR) is 80.9 cm³/mol. The van der Waals surface area contributed by atoms with Gasteiger partial charge >= 0.3 is 0 Å². The molecule has 1 aromatic rings. The number of hydrogen-bond donors (Lipinski definition) is 1. The second-order valence-corrected chi connectivity index (χ2v) is 8.76. The molecular weight excluding hydrogens is 330 g/mol. The fraction of sp³-hybridized carbons (Fsp3) is 0.750. The fourth-order valence-electron chi connectivity index (χ4n) is 1.62. The molecule has 1 heterocycles. The maximum Gasteiger partial charge on any atom is 0.153 e. The number of hydrogen-bond acceptors (Lipinski definition) is 4. The van der Waals surface area contributed by atoms with E-state index in [0.717, 1.165) is 22.3 Å². The summed E-state index contributed by atoms with van der Waals surface area (Å²) in [7, 11) is -1.18. The largest absolute Gasteiger partial charge is 0.310 e. The standard InChI is InChI=1S/C12H22BrN3O2S/c1-6-9-11(13)10(16(4)15-9)7-14-8-12(2,3)19(5,17)18/h14H,6-8H2,1-5H3. The zero-order chi connectivity index (χ0) is 14.8. The van der Waals surface area contributed by atoms with Gasteiger partial charge in [-0.25, -0.2) is 8.42 Å². The summed E-state index contributed by atoms with van der Waals surface area (Å²) in [5.41, 5.74) is 2.04. The molecule has 1 rings (SSSR count). The Hall–Kier alpha value is -0.400. The monoisotopic (exact) mass is 351 g/mol. The molecule has 19 heavy (non-hydrogen) atoms. The van der Waals surface area contributed by atoms with Gasteiger partial charge in [0.15, 0.2) is 9.84 Å². The first kappa shape index (κ1) is 16.7. The third-order valence-corrected chi connectivity index (χ3v) is 6.42. The summed E-state index contributed by atoms with van der Waals surface area (Å²) >= 11 is 3.54. The van der Waals surface area contributed by atoms with E-state index in [1.807, 2.05) is 11.7 Å². The SMILES string of the molecule is CCc1nn(C)c(CNCC(C)(C)S(C)(=O)=O)c1Br. The number of nitrogens with zero attached hydrogens (tertiary/aromatic N) is 2. The molecule has 0 amide bonds. The van der Waals surface area contributed by atoms with Crippen LogP contribution in [0.1, 0.15) is 32.2 Å². The van der Waals surface area contributed by atoms with E-state index in [1.54, 1.807) is 13.8 Å². The van der Waals surface area contributed by atoms with E-state index in [1.165, 1.54) is 6.26 Å². The van der Waals surface area contributed by atoms with Gasteiger partial charge in [-0.3, -0.25) is 4.68 Å². The van der Waals surface area contributed by atoms with Crippen molar-refractivity contribution in [2.75, 3.05) is 12.8 Å². The van der Waals surface area contributed by atoms with Crippen molar-refractivity contribution in [1.82, 2.24) is 15.1 Å². The Morgan fingerprint density at radius 2 is 2.00 bits per heavy atom. The van der Waals surface area contributed by atoms with E-state index < -0.39 is 14.6 Å². The van der Waals surface area contributed by atoms with E-state index >= 15 is 0 Å². The van der Waals surface area contributed by atoms with Crippen LogP contribution in [-0.2, 0) is 29.9 Å². The highest BCUT2D eigenvalue weighted by Gasteiger charge is 2.29. The van der Waals surface area contributed by atoms with Crippen LogP contribution in [0.5, 0.6) is 0 Å². The van der Waals surface area contributed by atoms with E-state index in [9.17, 15) is 8.42 Å². The Bertz CT molecular complexity index is 550. The number of sulfone groups is 1. The van der Waals surface area contributed by atoms with Crippen LogP contribution in [0.2, 0.25) is 0 Å². The maximum atomic E-state index is 11.6. The highest BCUT2D eigenvalue weighted by molar-refractivity contribution is 9.10. The summed E-state index contributed by atoms with van der Waals surface area (Å²) in [4.78, 5) is 0. The molecule has 0 atom stereocenters. The molecule has 0 bridgehead atoms. The van der Waals surface area contributed by atoms with Crippen molar-refractivity contribution in [3.05, 3.63) is 15.9 Å². The van der Waals surface area contributed by atoms with Crippen molar-refractivity contribution < 1.29 is 8.42 Å². The van der Waals surface area contributed by atoms with Gasteiger partial charge in [-0.05, 0) is 36.2 Å². The number of halogens is 1. The molecule has 0 aliphatic rings. The highest BCUT2D eigenvalue weighted by Crippen LogP contribution is 2.21. The van der Waals surface area contributed by atoms with Crippen molar-refractivity contribution in [1.29, 1.82) is 0 Å². The average molecular weight is 352 g/mol. The second-order valence-electron chi connectivity index (χ2n) is 5.32. The molecule has 0 fully saturated rings. The normalized spacial score (nSPS) is 12.9. The number of nitrogens with one attached hydrogen (secondary N) is 1. The molecule has 0 aliphatic heterocycles. The summed E-state index contributed by atoms with van der Waals surface area (Å²) in [6.07, 6.45) is 2.13. The van der Waals surface area contributed by atoms with E-state index in [2.05, 4.69) is 33.3 Å². The van der Waals surface area contributed by atoms with Crippen molar-refractivity contribution in [2.24, 2.45) is 7.05 Å². The zero-order valence-electron chi connectivity index (χ0n) is 12.1. The van der Waals surface area contributed by atoms with Gasteiger partial charge in [0.05, 0.1) is 20.6 Å². The van der Waals surface area contributed by atoms with Crippen LogP contribution in [0.25, 0.3) is 0 Å². The minimum absolute atomic E-state index is 0.408. The van der Waals surface area contributed by atoms with Crippen molar-refractivity contribution in [3.63, 3.8) is 0 Å². The first-order chi connectivity index (χ1) is 8.60. The van der Waals surface area contributed by atoms with Crippen LogP contribution in [-0.4, -0.2) is 35.7 Å². The average Bonchev–Trinajstić information content (AvgIpc) is 2.54. The van der Waals surface area contributed by atoms with Crippen LogP contribution in [0.3, 0.4) is 0 Å². The number of aromatic nitrogens is 2. The molecule has 0 saturated heterocycles. The lowest BCUT2D eigenvalue weighted by Crippen LogP contribution is -2.41. The van der Waals surface area contributed by atoms with Gasteiger partial charge in [0.25, 0.3) is 0 Å². The first-order valence-corrected chi connectivity index (χ1v) is 8.89. The molecule has 0 unspecified atom stereocenters. The molecule has 0 aromatic carbocycles. The number of aryl methyl sites for hydroxylation is 2. The Kier molecular flexibility index (Phi) is 5.20. The quantitative estimate of drug-likeness (QED) is 0.846. The molecule has 1 N–H and O–H groups in total. The van der Waals surface area contributed by atoms with E-state index in [4.69, 9.17) is 0 Å². The zero-order valence-corrected chi connectivity index (χ0v) is 14.5. The lowest BCUT2D eigenvalue weighted by Gasteiger charge is -2.22. The molecule has 110 valence electrons.